The number of hydrogen-bond acceptors (Lipinski definition) is 6. The largest absolute Gasteiger partial charge is 0.497 e. The third-order valence-corrected chi connectivity index (χ3v) is 5.94. The Morgan fingerprint density at radius 1 is 1.07 bits per heavy atom. The summed E-state index contributed by atoms with van der Waals surface area (Å²) in [6.07, 6.45) is 1.77. The zero-order valence-corrected chi connectivity index (χ0v) is 16.6. The van der Waals surface area contributed by atoms with E-state index >= 15 is 0 Å². The molecule has 0 atom stereocenters. The van der Waals surface area contributed by atoms with Crippen LogP contribution in [-0.2, 0) is 0 Å². The number of para-hydroxylation sites is 1. The minimum Gasteiger partial charge on any atom is -0.497 e. The number of nitrogens with zero attached hydrogens (tertiary/aromatic N) is 5. The van der Waals surface area contributed by atoms with Crippen molar-refractivity contribution < 1.29 is 4.74 Å². The maximum atomic E-state index is 6.70. The fourth-order valence-electron chi connectivity index (χ4n) is 3.13. The third kappa shape index (κ3) is 2.63. The Bertz CT molecular complexity index is 1330. The van der Waals surface area contributed by atoms with Gasteiger partial charge in [0, 0.05) is 17.1 Å². The highest BCUT2D eigenvalue weighted by atomic mass is 35.5. The van der Waals surface area contributed by atoms with E-state index in [2.05, 4.69) is 15.2 Å². The molecule has 0 saturated heterocycles. The topological polar surface area (TPSA) is 65.2 Å². The number of pyridine rings is 1. The van der Waals surface area contributed by atoms with Gasteiger partial charge in [0.1, 0.15) is 5.75 Å². The summed E-state index contributed by atoms with van der Waals surface area (Å²) >= 11 is 8.13. The van der Waals surface area contributed by atoms with E-state index in [9.17, 15) is 0 Å². The van der Waals surface area contributed by atoms with Gasteiger partial charge < -0.3 is 4.74 Å². The van der Waals surface area contributed by atoms with Crippen molar-refractivity contribution >= 4 is 38.8 Å². The summed E-state index contributed by atoms with van der Waals surface area (Å²) in [6.45, 7) is 2.02. The standard InChI is InChI=1S/C20H14ClN5OS/c1-11-4-3-5-14-16(21)15(10-22-17(11)14)19-25-26-18(23-24-20(26)28-19)12-6-8-13(27-2)9-7-12/h3-10H,1-2H3. The molecule has 6 nitrogen and oxygen atoms in total. The number of ether oxygens (including phenoxy) is 1. The van der Waals surface area contributed by atoms with E-state index in [4.69, 9.17) is 21.4 Å². The molecule has 0 N–H and O–H groups in total. The Balaban J connectivity index is 1.64. The fourth-order valence-corrected chi connectivity index (χ4v) is 4.34. The van der Waals surface area contributed by atoms with Gasteiger partial charge in [-0.25, -0.2) is 0 Å². The lowest BCUT2D eigenvalue weighted by Gasteiger charge is -2.06. The van der Waals surface area contributed by atoms with Gasteiger partial charge in [-0.3, -0.25) is 4.98 Å². The van der Waals surface area contributed by atoms with E-state index in [0.717, 1.165) is 38.4 Å². The molecule has 0 unspecified atom stereocenters. The molecular formula is C20H14ClN5OS. The van der Waals surface area contributed by atoms with Crippen molar-refractivity contribution in [3.05, 3.63) is 59.2 Å². The van der Waals surface area contributed by atoms with Crippen molar-refractivity contribution in [3.63, 3.8) is 0 Å². The second kappa shape index (κ2) is 6.54. The molecule has 0 aliphatic carbocycles. The van der Waals surface area contributed by atoms with Crippen LogP contribution in [0.25, 0.3) is 37.8 Å². The number of hydrogen-bond donors (Lipinski definition) is 0. The van der Waals surface area contributed by atoms with Gasteiger partial charge in [0.2, 0.25) is 4.96 Å². The Morgan fingerprint density at radius 3 is 2.68 bits per heavy atom. The molecule has 5 rings (SSSR count). The molecule has 0 bridgehead atoms. The monoisotopic (exact) mass is 407 g/mol. The van der Waals surface area contributed by atoms with Gasteiger partial charge in [-0.15, -0.1) is 10.2 Å². The molecule has 3 aromatic heterocycles. The van der Waals surface area contributed by atoms with E-state index in [1.807, 2.05) is 49.4 Å². The smallest absolute Gasteiger partial charge is 0.235 e. The molecule has 5 aromatic rings. The van der Waals surface area contributed by atoms with Crippen LogP contribution in [0.1, 0.15) is 5.56 Å². The molecule has 0 saturated carbocycles. The average molecular weight is 408 g/mol. The summed E-state index contributed by atoms with van der Waals surface area (Å²) in [6, 6.07) is 13.6. The van der Waals surface area contributed by atoms with Crippen LogP contribution in [0.4, 0.5) is 0 Å². The van der Waals surface area contributed by atoms with Gasteiger partial charge in [-0.2, -0.15) is 9.61 Å². The average Bonchev–Trinajstić information content (AvgIpc) is 3.30. The van der Waals surface area contributed by atoms with E-state index in [0.29, 0.717) is 15.8 Å². The van der Waals surface area contributed by atoms with Gasteiger partial charge in [0.25, 0.3) is 0 Å². The maximum Gasteiger partial charge on any atom is 0.235 e. The Kier molecular flexibility index (Phi) is 3.99. The summed E-state index contributed by atoms with van der Waals surface area (Å²) in [5, 5.41) is 15.6. The van der Waals surface area contributed by atoms with Crippen molar-refractivity contribution in [2.45, 2.75) is 6.92 Å². The van der Waals surface area contributed by atoms with Crippen molar-refractivity contribution in [2.75, 3.05) is 7.11 Å². The molecule has 8 heteroatoms. The van der Waals surface area contributed by atoms with Crippen molar-refractivity contribution in [1.29, 1.82) is 0 Å². The molecule has 28 heavy (non-hydrogen) atoms. The minimum absolute atomic E-state index is 0.643. The van der Waals surface area contributed by atoms with Crippen LogP contribution in [0.5, 0.6) is 5.75 Å². The molecule has 138 valence electrons. The molecule has 0 spiro atoms. The lowest BCUT2D eigenvalue weighted by molar-refractivity contribution is 0.415. The van der Waals surface area contributed by atoms with Gasteiger partial charge in [-0.05, 0) is 36.8 Å². The first-order valence-corrected chi connectivity index (χ1v) is 9.76. The highest BCUT2D eigenvalue weighted by molar-refractivity contribution is 7.19. The maximum absolute atomic E-state index is 6.70. The SMILES string of the molecule is COc1ccc(-c2nnc3sc(-c4cnc5c(C)cccc5c4Cl)nn23)cc1. The molecule has 0 aliphatic heterocycles. The first-order chi connectivity index (χ1) is 13.7. The second-order valence-electron chi connectivity index (χ2n) is 6.31. The lowest BCUT2D eigenvalue weighted by atomic mass is 10.1. The molecule has 2 aromatic carbocycles. The van der Waals surface area contributed by atoms with E-state index < -0.39 is 0 Å². The first-order valence-electron chi connectivity index (χ1n) is 8.56. The number of halogens is 1. The summed E-state index contributed by atoms with van der Waals surface area (Å²) in [4.78, 5) is 5.29. The zero-order valence-electron chi connectivity index (χ0n) is 15.0. The van der Waals surface area contributed by atoms with Crippen LogP contribution in [0.3, 0.4) is 0 Å². The Hall–Kier alpha value is -3.03. The van der Waals surface area contributed by atoms with Gasteiger partial charge >= 0.3 is 0 Å². The summed E-state index contributed by atoms with van der Waals surface area (Å²) in [5.41, 5.74) is 3.68. The van der Waals surface area contributed by atoms with Crippen molar-refractivity contribution in [3.8, 4) is 27.7 Å². The number of fused-ring (bicyclic) bond motifs is 2. The minimum atomic E-state index is 0.643. The molecule has 0 amide bonds. The van der Waals surface area contributed by atoms with Crippen LogP contribution in [0.2, 0.25) is 5.02 Å². The summed E-state index contributed by atoms with van der Waals surface area (Å²) < 4.78 is 6.95. The Morgan fingerprint density at radius 2 is 1.89 bits per heavy atom. The van der Waals surface area contributed by atoms with Gasteiger partial charge in [0.05, 0.1) is 23.2 Å². The quantitative estimate of drug-likeness (QED) is 0.419. The molecule has 0 aliphatic rings. The number of methoxy groups -OCH3 is 1. The molecule has 0 fully saturated rings. The predicted molar refractivity (Wildman–Crippen MR) is 111 cm³/mol. The lowest BCUT2D eigenvalue weighted by Crippen LogP contribution is -1.92. The second-order valence-corrected chi connectivity index (χ2v) is 7.64. The number of rotatable bonds is 3. The van der Waals surface area contributed by atoms with Gasteiger partial charge in [0.15, 0.2) is 10.8 Å². The van der Waals surface area contributed by atoms with E-state index in [1.165, 1.54) is 11.3 Å². The van der Waals surface area contributed by atoms with Crippen LogP contribution in [0.15, 0.2) is 48.7 Å². The number of benzene rings is 2. The zero-order chi connectivity index (χ0) is 19.3. The molecule has 0 radical (unpaired) electrons. The van der Waals surface area contributed by atoms with Crippen LogP contribution in [-0.4, -0.2) is 31.9 Å². The fraction of sp³-hybridized carbons (Fsp3) is 0.100. The van der Waals surface area contributed by atoms with Crippen molar-refractivity contribution in [2.24, 2.45) is 0 Å². The van der Waals surface area contributed by atoms with Crippen LogP contribution < -0.4 is 4.74 Å². The molecular weight excluding hydrogens is 394 g/mol. The normalized spacial score (nSPS) is 11.4. The van der Waals surface area contributed by atoms with E-state index in [1.54, 1.807) is 17.8 Å². The van der Waals surface area contributed by atoms with E-state index in [-0.39, 0.29) is 0 Å². The Labute approximate surface area is 169 Å². The van der Waals surface area contributed by atoms with Crippen molar-refractivity contribution in [1.82, 2.24) is 24.8 Å². The van der Waals surface area contributed by atoms with Gasteiger partial charge in [-0.1, -0.05) is 41.1 Å². The third-order valence-electron chi connectivity index (χ3n) is 4.60. The number of aromatic nitrogens is 5. The highest BCUT2D eigenvalue weighted by Gasteiger charge is 2.18. The number of aryl methyl sites for hydroxylation is 1. The van der Waals surface area contributed by atoms with Crippen LogP contribution >= 0.6 is 22.9 Å². The first kappa shape index (κ1) is 17.1. The predicted octanol–water partition coefficient (Wildman–Crippen LogP) is 5.04. The molecule has 3 heterocycles. The highest BCUT2D eigenvalue weighted by Crippen LogP contribution is 2.36. The summed E-state index contributed by atoms with van der Waals surface area (Å²) in [5.74, 6) is 1.45. The van der Waals surface area contributed by atoms with Crippen LogP contribution in [0, 0.1) is 6.92 Å². The summed E-state index contributed by atoms with van der Waals surface area (Å²) in [7, 11) is 1.64.